The molecule has 0 bridgehead atoms. The van der Waals surface area contributed by atoms with Gasteiger partial charge in [-0.1, -0.05) is 6.42 Å². The Bertz CT molecular complexity index is 214. The zero-order valence-electron chi connectivity index (χ0n) is 9.61. The van der Waals surface area contributed by atoms with Crippen LogP contribution in [-0.4, -0.2) is 48.0 Å². The van der Waals surface area contributed by atoms with Crippen LogP contribution in [0.15, 0.2) is 0 Å². The lowest BCUT2D eigenvalue weighted by molar-refractivity contribution is -0.133. The van der Waals surface area contributed by atoms with Crippen molar-refractivity contribution >= 4 is 30.1 Å². The fourth-order valence-corrected chi connectivity index (χ4v) is 3.14. The molecule has 2 rings (SSSR count). The van der Waals surface area contributed by atoms with Gasteiger partial charge in [0.05, 0.1) is 6.04 Å². The second-order valence-electron chi connectivity index (χ2n) is 4.29. The summed E-state index contributed by atoms with van der Waals surface area (Å²) in [7, 11) is 0. The van der Waals surface area contributed by atoms with Gasteiger partial charge in [-0.15, -0.1) is 12.4 Å². The normalized spacial score (nSPS) is 26.8. The number of hydrogen-bond acceptors (Lipinski definition) is 3. The molecule has 1 unspecified atom stereocenters. The van der Waals surface area contributed by atoms with Gasteiger partial charge in [0.2, 0.25) is 5.91 Å². The standard InChI is InChI=1S/C11H20N2OS.ClH/c14-11(10-4-1-2-5-12-10)13-6-3-8-15-9-7-13;/h10,12H,1-9H2;1H. The smallest absolute Gasteiger partial charge is 0.239 e. The third-order valence-electron chi connectivity index (χ3n) is 3.14. The van der Waals surface area contributed by atoms with Crippen LogP contribution < -0.4 is 5.32 Å². The third-order valence-corrected chi connectivity index (χ3v) is 4.19. The van der Waals surface area contributed by atoms with E-state index < -0.39 is 0 Å². The average Bonchev–Trinajstić information content (AvgIpc) is 2.58. The van der Waals surface area contributed by atoms with Crippen molar-refractivity contribution in [3.05, 3.63) is 0 Å². The van der Waals surface area contributed by atoms with Gasteiger partial charge in [0.25, 0.3) is 0 Å². The summed E-state index contributed by atoms with van der Waals surface area (Å²) in [6.45, 7) is 2.92. The second-order valence-corrected chi connectivity index (χ2v) is 5.52. The highest BCUT2D eigenvalue weighted by molar-refractivity contribution is 7.99. The third kappa shape index (κ3) is 3.82. The largest absolute Gasteiger partial charge is 0.340 e. The van der Waals surface area contributed by atoms with Crippen molar-refractivity contribution < 1.29 is 4.79 Å². The molecule has 3 nitrogen and oxygen atoms in total. The van der Waals surface area contributed by atoms with Crippen LogP contribution in [0.5, 0.6) is 0 Å². The molecule has 1 N–H and O–H groups in total. The molecule has 1 atom stereocenters. The van der Waals surface area contributed by atoms with Crippen LogP contribution in [0.1, 0.15) is 25.7 Å². The minimum atomic E-state index is 0. The van der Waals surface area contributed by atoms with E-state index in [1.807, 2.05) is 11.8 Å². The Kier molecular flexibility index (Phi) is 6.54. The van der Waals surface area contributed by atoms with Gasteiger partial charge in [-0.25, -0.2) is 0 Å². The molecule has 0 aromatic rings. The Hall–Kier alpha value is 0.0700. The van der Waals surface area contributed by atoms with Crippen molar-refractivity contribution in [2.75, 3.05) is 31.1 Å². The van der Waals surface area contributed by atoms with E-state index >= 15 is 0 Å². The van der Waals surface area contributed by atoms with E-state index in [2.05, 4.69) is 10.2 Å². The molecular weight excluding hydrogens is 244 g/mol. The molecule has 0 aromatic carbocycles. The SMILES string of the molecule is Cl.O=C(C1CCCCN1)N1CCCSCC1. The van der Waals surface area contributed by atoms with Crippen molar-refractivity contribution in [1.82, 2.24) is 10.2 Å². The Labute approximate surface area is 108 Å². The van der Waals surface area contributed by atoms with E-state index in [-0.39, 0.29) is 18.4 Å². The minimum Gasteiger partial charge on any atom is -0.340 e. The Balaban J connectivity index is 0.00000128. The number of halogens is 1. The number of thioether (sulfide) groups is 1. The molecule has 1 amide bonds. The topological polar surface area (TPSA) is 32.3 Å². The van der Waals surface area contributed by atoms with Crippen molar-refractivity contribution in [2.24, 2.45) is 0 Å². The second kappa shape index (κ2) is 7.41. The van der Waals surface area contributed by atoms with E-state index in [0.717, 1.165) is 38.2 Å². The monoisotopic (exact) mass is 264 g/mol. The average molecular weight is 265 g/mol. The summed E-state index contributed by atoms with van der Waals surface area (Å²) in [4.78, 5) is 14.2. The van der Waals surface area contributed by atoms with Crippen molar-refractivity contribution in [3.8, 4) is 0 Å². The van der Waals surface area contributed by atoms with Crippen LogP contribution >= 0.6 is 24.2 Å². The van der Waals surface area contributed by atoms with E-state index in [0.29, 0.717) is 5.91 Å². The molecule has 2 fully saturated rings. The fourth-order valence-electron chi connectivity index (χ4n) is 2.25. The first-order valence-corrected chi connectivity index (χ1v) is 7.13. The molecule has 0 aromatic heterocycles. The summed E-state index contributed by atoms with van der Waals surface area (Å²) < 4.78 is 0. The van der Waals surface area contributed by atoms with Crippen molar-refractivity contribution in [1.29, 1.82) is 0 Å². The minimum absolute atomic E-state index is 0. The van der Waals surface area contributed by atoms with Gasteiger partial charge >= 0.3 is 0 Å². The van der Waals surface area contributed by atoms with Gasteiger partial charge in [-0.2, -0.15) is 11.8 Å². The fraction of sp³-hybridized carbons (Fsp3) is 0.909. The number of nitrogens with zero attached hydrogens (tertiary/aromatic N) is 1. The predicted molar refractivity (Wildman–Crippen MR) is 71.4 cm³/mol. The van der Waals surface area contributed by atoms with E-state index in [9.17, 15) is 4.79 Å². The maximum atomic E-state index is 12.2. The number of amides is 1. The van der Waals surface area contributed by atoms with Gasteiger partial charge in [-0.05, 0) is 31.6 Å². The Morgan fingerprint density at radius 3 is 2.81 bits per heavy atom. The lowest BCUT2D eigenvalue weighted by Gasteiger charge is -2.29. The molecule has 0 aliphatic carbocycles. The Morgan fingerprint density at radius 2 is 2.06 bits per heavy atom. The van der Waals surface area contributed by atoms with Crippen LogP contribution in [0.2, 0.25) is 0 Å². The quantitative estimate of drug-likeness (QED) is 0.779. The number of hydrogen-bond donors (Lipinski definition) is 1. The maximum Gasteiger partial charge on any atom is 0.239 e. The van der Waals surface area contributed by atoms with Gasteiger partial charge in [0, 0.05) is 18.8 Å². The molecule has 2 saturated heterocycles. The summed E-state index contributed by atoms with van der Waals surface area (Å²) in [5.74, 6) is 2.66. The highest BCUT2D eigenvalue weighted by Gasteiger charge is 2.25. The summed E-state index contributed by atoms with van der Waals surface area (Å²) in [6.07, 6.45) is 4.61. The van der Waals surface area contributed by atoms with Crippen LogP contribution in [0.4, 0.5) is 0 Å². The molecule has 2 aliphatic heterocycles. The molecule has 0 spiro atoms. The van der Waals surface area contributed by atoms with Crippen LogP contribution in [0, 0.1) is 0 Å². The zero-order valence-corrected chi connectivity index (χ0v) is 11.2. The van der Waals surface area contributed by atoms with Gasteiger partial charge in [0.15, 0.2) is 0 Å². The zero-order chi connectivity index (χ0) is 10.5. The van der Waals surface area contributed by atoms with Gasteiger partial charge in [-0.3, -0.25) is 4.79 Å². The van der Waals surface area contributed by atoms with Crippen molar-refractivity contribution in [3.63, 3.8) is 0 Å². The molecular formula is C11H21ClN2OS. The van der Waals surface area contributed by atoms with E-state index in [1.54, 1.807) is 0 Å². The summed E-state index contributed by atoms with van der Waals surface area (Å²) in [5, 5.41) is 3.34. The van der Waals surface area contributed by atoms with Crippen LogP contribution in [-0.2, 0) is 4.79 Å². The Morgan fingerprint density at radius 1 is 1.19 bits per heavy atom. The number of carbonyl (C=O) groups excluding carboxylic acids is 1. The lowest BCUT2D eigenvalue weighted by Crippen LogP contribution is -2.49. The maximum absolute atomic E-state index is 12.2. The molecule has 0 radical (unpaired) electrons. The molecule has 0 saturated carbocycles. The molecule has 2 heterocycles. The number of piperidine rings is 1. The highest BCUT2D eigenvalue weighted by atomic mass is 35.5. The first kappa shape index (κ1) is 14.1. The summed E-state index contributed by atoms with van der Waals surface area (Å²) in [6, 6.07) is 0.113. The summed E-state index contributed by atoms with van der Waals surface area (Å²) >= 11 is 1.97. The number of nitrogens with one attached hydrogen (secondary N) is 1. The molecule has 94 valence electrons. The van der Waals surface area contributed by atoms with Crippen LogP contribution in [0.25, 0.3) is 0 Å². The van der Waals surface area contributed by atoms with Crippen LogP contribution in [0.3, 0.4) is 0 Å². The van der Waals surface area contributed by atoms with E-state index in [1.165, 1.54) is 18.6 Å². The van der Waals surface area contributed by atoms with E-state index in [4.69, 9.17) is 0 Å². The molecule has 16 heavy (non-hydrogen) atoms. The predicted octanol–water partition coefficient (Wildman–Crippen LogP) is 1.52. The van der Waals surface area contributed by atoms with Gasteiger partial charge < -0.3 is 10.2 Å². The molecule has 5 heteroatoms. The first-order valence-electron chi connectivity index (χ1n) is 5.98. The highest BCUT2D eigenvalue weighted by Crippen LogP contribution is 2.14. The number of rotatable bonds is 1. The summed E-state index contributed by atoms with van der Waals surface area (Å²) in [5.41, 5.74) is 0. The molecule has 2 aliphatic rings. The first-order chi connectivity index (χ1) is 7.38. The lowest BCUT2D eigenvalue weighted by atomic mass is 10.0. The number of carbonyl (C=O) groups is 1. The van der Waals surface area contributed by atoms with Crippen molar-refractivity contribution in [2.45, 2.75) is 31.7 Å². The van der Waals surface area contributed by atoms with Gasteiger partial charge in [0.1, 0.15) is 0 Å².